The number of methoxy groups -OCH3 is 1. The highest BCUT2D eigenvalue weighted by Crippen LogP contribution is 2.43. The first-order valence-corrected chi connectivity index (χ1v) is 10.3. The van der Waals surface area contributed by atoms with E-state index in [0.29, 0.717) is 25.0 Å². The molecule has 0 unspecified atom stereocenters. The van der Waals surface area contributed by atoms with Crippen LogP contribution in [0.15, 0.2) is 58.3 Å². The molecular weight excluding hydrogens is 386 g/mol. The maximum Gasteiger partial charge on any atom is 0.337 e. The normalized spacial score (nSPS) is 12.3. The van der Waals surface area contributed by atoms with E-state index in [0.717, 1.165) is 22.3 Å². The minimum Gasteiger partial charge on any atom is -0.478 e. The SMILES string of the molecule is COCCCNC(=O)c1ccc2c3c(ccc2c1C(=O)O)Sc1ccccc1C3. The Labute approximate surface area is 173 Å². The number of fused-ring (bicyclic) bond motifs is 4. The predicted octanol–water partition coefficient (Wildman–Crippen LogP) is 4.36. The lowest BCUT2D eigenvalue weighted by Crippen LogP contribution is -2.27. The minimum absolute atomic E-state index is 0.0541. The molecule has 6 heteroatoms. The van der Waals surface area contributed by atoms with Crippen LogP contribution in [-0.2, 0) is 11.2 Å². The van der Waals surface area contributed by atoms with E-state index in [-0.39, 0.29) is 17.0 Å². The van der Waals surface area contributed by atoms with Crippen molar-refractivity contribution < 1.29 is 19.4 Å². The van der Waals surface area contributed by atoms with Crippen LogP contribution in [0.1, 0.15) is 38.3 Å². The number of aromatic carboxylic acids is 1. The number of carboxylic acids is 1. The first kappa shape index (κ1) is 19.5. The average molecular weight is 407 g/mol. The number of rotatable bonds is 6. The number of ether oxygens (including phenoxy) is 1. The number of nitrogens with one attached hydrogen (secondary N) is 1. The molecule has 2 N–H and O–H groups in total. The molecule has 3 aromatic rings. The standard InChI is InChI=1S/C23H21NO4S/c1-28-12-4-11-24-22(25)17-8-7-15-16(21(17)23(26)27)9-10-20-18(15)13-14-5-2-3-6-19(14)29-20/h2-3,5-10H,4,11-13H2,1H3,(H,24,25)(H,26,27). The molecule has 5 nitrogen and oxygen atoms in total. The van der Waals surface area contributed by atoms with Crippen molar-refractivity contribution in [2.45, 2.75) is 22.6 Å². The molecule has 1 aliphatic rings. The van der Waals surface area contributed by atoms with Gasteiger partial charge in [-0.25, -0.2) is 4.79 Å². The Morgan fingerprint density at radius 1 is 1.07 bits per heavy atom. The summed E-state index contributed by atoms with van der Waals surface area (Å²) < 4.78 is 4.98. The third kappa shape index (κ3) is 3.73. The quantitative estimate of drug-likeness (QED) is 0.465. The summed E-state index contributed by atoms with van der Waals surface area (Å²) in [5, 5.41) is 14.1. The van der Waals surface area contributed by atoms with Gasteiger partial charge in [-0.05, 0) is 46.5 Å². The van der Waals surface area contributed by atoms with E-state index in [1.54, 1.807) is 24.9 Å². The van der Waals surface area contributed by atoms with E-state index in [9.17, 15) is 14.7 Å². The van der Waals surface area contributed by atoms with E-state index in [4.69, 9.17) is 4.74 Å². The first-order chi connectivity index (χ1) is 14.1. The summed E-state index contributed by atoms with van der Waals surface area (Å²) in [5.41, 5.74) is 2.58. The summed E-state index contributed by atoms with van der Waals surface area (Å²) in [6.07, 6.45) is 1.42. The largest absolute Gasteiger partial charge is 0.478 e. The fraction of sp³-hybridized carbons (Fsp3) is 0.217. The van der Waals surface area contributed by atoms with Crippen LogP contribution in [0, 0.1) is 0 Å². The van der Waals surface area contributed by atoms with Crippen molar-refractivity contribution in [3.8, 4) is 0 Å². The topological polar surface area (TPSA) is 75.6 Å². The predicted molar refractivity (Wildman–Crippen MR) is 113 cm³/mol. The van der Waals surface area contributed by atoms with Crippen LogP contribution in [0.4, 0.5) is 0 Å². The van der Waals surface area contributed by atoms with Gasteiger partial charge in [0, 0.05) is 36.5 Å². The zero-order valence-electron chi connectivity index (χ0n) is 16.0. The lowest BCUT2D eigenvalue weighted by Gasteiger charge is -2.21. The number of benzene rings is 3. The molecule has 0 spiro atoms. The van der Waals surface area contributed by atoms with Crippen molar-refractivity contribution in [1.82, 2.24) is 5.32 Å². The van der Waals surface area contributed by atoms with Gasteiger partial charge < -0.3 is 15.2 Å². The average Bonchev–Trinajstić information content (AvgIpc) is 2.74. The molecule has 0 aromatic heterocycles. The van der Waals surface area contributed by atoms with Crippen molar-refractivity contribution in [3.63, 3.8) is 0 Å². The zero-order chi connectivity index (χ0) is 20.4. The second-order valence-corrected chi connectivity index (χ2v) is 8.00. The van der Waals surface area contributed by atoms with Crippen molar-refractivity contribution >= 4 is 34.4 Å². The fourth-order valence-electron chi connectivity index (χ4n) is 3.72. The second-order valence-electron chi connectivity index (χ2n) is 6.92. The Morgan fingerprint density at radius 2 is 1.86 bits per heavy atom. The number of amides is 1. The van der Waals surface area contributed by atoms with Crippen molar-refractivity contribution in [2.24, 2.45) is 0 Å². The molecule has 0 saturated heterocycles. The summed E-state index contributed by atoms with van der Waals surface area (Å²) in [7, 11) is 1.60. The van der Waals surface area contributed by atoms with E-state index in [1.807, 2.05) is 30.3 Å². The summed E-state index contributed by atoms with van der Waals surface area (Å²) in [4.78, 5) is 27.0. The van der Waals surface area contributed by atoms with Gasteiger partial charge in [0.05, 0.1) is 11.1 Å². The monoisotopic (exact) mass is 407 g/mol. The Morgan fingerprint density at radius 3 is 2.66 bits per heavy atom. The highest BCUT2D eigenvalue weighted by atomic mass is 32.2. The van der Waals surface area contributed by atoms with Crippen LogP contribution in [0.2, 0.25) is 0 Å². The van der Waals surface area contributed by atoms with Gasteiger partial charge >= 0.3 is 5.97 Å². The highest BCUT2D eigenvalue weighted by molar-refractivity contribution is 7.99. The maximum atomic E-state index is 12.6. The molecule has 0 aliphatic carbocycles. The summed E-state index contributed by atoms with van der Waals surface area (Å²) in [6, 6.07) is 15.5. The van der Waals surface area contributed by atoms with E-state index >= 15 is 0 Å². The van der Waals surface area contributed by atoms with Crippen LogP contribution in [0.25, 0.3) is 10.8 Å². The highest BCUT2D eigenvalue weighted by Gasteiger charge is 2.24. The van der Waals surface area contributed by atoms with Crippen molar-refractivity contribution in [2.75, 3.05) is 20.3 Å². The Hall–Kier alpha value is -2.83. The van der Waals surface area contributed by atoms with Crippen LogP contribution in [0.5, 0.6) is 0 Å². The van der Waals surface area contributed by atoms with Crippen LogP contribution < -0.4 is 5.32 Å². The molecule has 1 aliphatic heterocycles. The third-order valence-corrected chi connectivity index (χ3v) is 6.32. The number of carbonyl (C=O) groups excluding carboxylic acids is 1. The van der Waals surface area contributed by atoms with E-state index in [2.05, 4.69) is 17.4 Å². The molecule has 1 heterocycles. The Kier molecular flexibility index (Phi) is 5.56. The smallest absolute Gasteiger partial charge is 0.337 e. The van der Waals surface area contributed by atoms with Gasteiger partial charge in [0.15, 0.2) is 0 Å². The molecule has 3 aromatic carbocycles. The zero-order valence-corrected chi connectivity index (χ0v) is 16.8. The van der Waals surface area contributed by atoms with E-state index in [1.165, 1.54) is 10.5 Å². The van der Waals surface area contributed by atoms with Gasteiger partial charge in [-0.15, -0.1) is 0 Å². The van der Waals surface area contributed by atoms with Gasteiger partial charge in [-0.2, -0.15) is 0 Å². The number of carboxylic acid groups (broad SMARTS) is 1. The van der Waals surface area contributed by atoms with Gasteiger partial charge in [0.1, 0.15) is 0 Å². The summed E-state index contributed by atoms with van der Waals surface area (Å²) in [6.45, 7) is 0.969. The fourth-order valence-corrected chi connectivity index (χ4v) is 4.81. The van der Waals surface area contributed by atoms with E-state index < -0.39 is 5.97 Å². The summed E-state index contributed by atoms with van der Waals surface area (Å²) in [5.74, 6) is -1.47. The molecule has 1 amide bonds. The van der Waals surface area contributed by atoms with Gasteiger partial charge in [-0.3, -0.25) is 4.79 Å². The maximum absolute atomic E-state index is 12.6. The van der Waals surface area contributed by atoms with Crippen LogP contribution >= 0.6 is 11.8 Å². The van der Waals surface area contributed by atoms with Gasteiger partial charge in [-0.1, -0.05) is 42.1 Å². The number of carbonyl (C=O) groups is 2. The Bertz CT molecular complexity index is 1110. The molecule has 4 rings (SSSR count). The number of hydrogen-bond donors (Lipinski definition) is 2. The molecular formula is C23H21NO4S. The Balaban J connectivity index is 1.75. The number of hydrogen-bond acceptors (Lipinski definition) is 4. The minimum atomic E-state index is -1.10. The van der Waals surface area contributed by atoms with Crippen molar-refractivity contribution in [3.05, 3.63) is 70.8 Å². The molecule has 0 saturated carbocycles. The molecule has 0 radical (unpaired) electrons. The lowest BCUT2D eigenvalue weighted by atomic mass is 9.92. The lowest BCUT2D eigenvalue weighted by molar-refractivity contribution is 0.0693. The molecule has 148 valence electrons. The van der Waals surface area contributed by atoms with Crippen molar-refractivity contribution in [1.29, 1.82) is 0 Å². The second kappa shape index (κ2) is 8.27. The van der Waals surface area contributed by atoms with Gasteiger partial charge in [0.2, 0.25) is 0 Å². The first-order valence-electron chi connectivity index (χ1n) is 9.45. The van der Waals surface area contributed by atoms with Gasteiger partial charge in [0.25, 0.3) is 5.91 Å². The molecule has 29 heavy (non-hydrogen) atoms. The molecule has 0 atom stereocenters. The van der Waals surface area contributed by atoms with Crippen LogP contribution in [0.3, 0.4) is 0 Å². The molecule has 0 fully saturated rings. The third-order valence-electron chi connectivity index (χ3n) is 5.10. The summed E-state index contributed by atoms with van der Waals surface area (Å²) >= 11 is 1.70. The van der Waals surface area contributed by atoms with Crippen LogP contribution in [-0.4, -0.2) is 37.2 Å². The molecule has 0 bridgehead atoms.